The standard InChI is InChI=1S/C18H14N8O/c1-11-12(10-21-25(11)2)15-6-8-20-16-9-14(24-26(15)16)18-23-22-17(27-18)13-5-3-4-7-19-13/h3-10H,1-2H3. The van der Waals surface area contributed by atoms with E-state index < -0.39 is 0 Å². The van der Waals surface area contributed by atoms with Crippen molar-refractivity contribution in [3.8, 4) is 34.4 Å². The molecule has 0 unspecified atom stereocenters. The summed E-state index contributed by atoms with van der Waals surface area (Å²) in [4.78, 5) is 8.61. The minimum atomic E-state index is 0.315. The summed E-state index contributed by atoms with van der Waals surface area (Å²) in [6.07, 6.45) is 5.24. The number of hydrogen-bond acceptors (Lipinski definition) is 7. The van der Waals surface area contributed by atoms with Gasteiger partial charge in [-0.15, -0.1) is 10.2 Å². The van der Waals surface area contributed by atoms with Crippen molar-refractivity contribution in [1.82, 2.24) is 39.6 Å². The molecule has 0 aliphatic heterocycles. The molecule has 0 amide bonds. The molecule has 0 radical (unpaired) electrons. The van der Waals surface area contributed by atoms with Crippen molar-refractivity contribution >= 4 is 5.65 Å². The number of nitrogens with zero attached hydrogens (tertiary/aromatic N) is 8. The maximum atomic E-state index is 5.75. The van der Waals surface area contributed by atoms with Gasteiger partial charge in [0.1, 0.15) is 5.69 Å². The first-order valence-electron chi connectivity index (χ1n) is 8.30. The van der Waals surface area contributed by atoms with Gasteiger partial charge in [0.25, 0.3) is 11.8 Å². The summed E-state index contributed by atoms with van der Waals surface area (Å²) in [6, 6.07) is 9.22. The summed E-state index contributed by atoms with van der Waals surface area (Å²) in [5.41, 5.74) is 4.76. The zero-order valence-corrected chi connectivity index (χ0v) is 14.6. The summed E-state index contributed by atoms with van der Waals surface area (Å²) < 4.78 is 9.33. The molecular formula is C18H14N8O. The van der Waals surface area contributed by atoms with Gasteiger partial charge in [-0.05, 0) is 25.1 Å². The van der Waals surface area contributed by atoms with E-state index in [4.69, 9.17) is 4.42 Å². The second-order valence-corrected chi connectivity index (χ2v) is 6.02. The Kier molecular flexibility index (Phi) is 3.32. The van der Waals surface area contributed by atoms with E-state index in [2.05, 4.69) is 30.4 Å². The lowest BCUT2D eigenvalue weighted by molar-refractivity contribution is 0.579. The molecule has 0 bridgehead atoms. The predicted octanol–water partition coefficient (Wildman–Crippen LogP) is 2.55. The van der Waals surface area contributed by atoms with Crippen LogP contribution in [-0.2, 0) is 7.05 Å². The molecule has 9 nitrogen and oxygen atoms in total. The normalized spacial score (nSPS) is 11.3. The van der Waals surface area contributed by atoms with Crippen LogP contribution in [0.1, 0.15) is 5.69 Å². The molecule has 9 heteroatoms. The highest BCUT2D eigenvalue weighted by molar-refractivity contribution is 5.66. The lowest BCUT2D eigenvalue weighted by atomic mass is 10.2. The molecule has 0 fully saturated rings. The van der Waals surface area contributed by atoms with Gasteiger partial charge in [0.2, 0.25) is 0 Å². The van der Waals surface area contributed by atoms with Crippen LogP contribution in [0.5, 0.6) is 0 Å². The van der Waals surface area contributed by atoms with E-state index in [-0.39, 0.29) is 0 Å². The average Bonchev–Trinajstić information content (AvgIpc) is 3.42. The molecule has 27 heavy (non-hydrogen) atoms. The van der Waals surface area contributed by atoms with E-state index in [0.717, 1.165) is 17.0 Å². The van der Waals surface area contributed by atoms with Crippen LogP contribution in [0.15, 0.2) is 53.3 Å². The summed E-state index contributed by atoms with van der Waals surface area (Å²) in [7, 11) is 1.91. The molecule has 0 N–H and O–H groups in total. The molecule has 0 spiro atoms. The largest absolute Gasteiger partial charge is 0.413 e. The summed E-state index contributed by atoms with van der Waals surface area (Å²) in [6.45, 7) is 2.01. The molecule has 0 saturated carbocycles. The van der Waals surface area contributed by atoms with E-state index >= 15 is 0 Å². The lowest BCUT2D eigenvalue weighted by Crippen LogP contribution is -1.97. The third-order valence-electron chi connectivity index (χ3n) is 4.40. The third kappa shape index (κ3) is 2.48. The fourth-order valence-corrected chi connectivity index (χ4v) is 2.87. The molecule has 132 valence electrons. The van der Waals surface area contributed by atoms with Gasteiger partial charge in [-0.3, -0.25) is 9.67 Å². The van der Waals surface area contributed by atoms with Crippen LogP contribution in [0.25, 0.3) is 40.1 Å². The van der Waals surface area contributed by atoms with E-state index in [1.807, 2.05) is 55.2 Å². The number of aromatic nitrogens is 8. The van der Waals surface area contributed by atoms with Gasteiger partial charge >= 0.3 is 0 Å². The zero-order valence-electron chi connectivity index (χ0n) is 14.6. The molecule has 0 atom stereocenters. The minimum absolute atomic E-state index is 0.315. The summed E-state index contributed by atoms with van der Waals surface area (Å²) >= 11 is 0. The lowest BCUT2D eigenvalue weighted by Gasteiger charge is -2.03. The first-order valence-corrected chi connectivity index (χ1v) is 8.30. The quantitative estimate of drug-likeness (QED) is 0.488. The molecule has 0 aromatic carbocycles. The van der Waals surface area contributed by atoms with E-state index in [1.165, 1.54) is 0 Å². The van der Waals surface area contributed by atoms with Crippen molar-refractivity contribution < 1.29 is 4.42 Å². The van der Waals surface area contributed by atoms with Gasteiger partial charge in [0.15, 0.2) is 11.3 Å². The van der Waals surface area contributed by atoms with Crippen molar-refractivity contribution in [2.75, 3.05) is 0 Å². The smallest absolute Gasteiger partial charge is 0.268 e. The van der Waals surface area contributed by atoms with Crippen LogP contribution in [0.3, 0.4) is 0 Å². The van der Waals surface area contributed by atoms with Gasteiger partial charge in [0.05, 0.1) is 11.9 Å². The Bertz CT molecular complexity index is 1250. The van der Waals surface area contributed by atoms with Crippen LogP contribution >= 0.6 is 0 Å². The average molecular weight is 358 g/mol. The monoisotopic (exact) mass is 358 g/mol. The number of hydrogen-bond donors (Lipinski definition) is 0. The van der Waals surface area contributed by atoms with Crippen LogP contribution in [-0.4, -0.2) is 39.6 Å². The highest BCUT2D eigenvalue weighted by Gasteiger charge is 2.17. The number of rotatable bonds is 3. The van der Waals surface area contributed by atoms with Crippen LogP contribution in [0, 0.1) is 6.92 Å². The minimum Gasteiger partial charge on any atom is -0.413 e. The second-order valence-electron chi connectivity index (χ2n) is 6.02. The van der Waals surface area contributed by atoms with Gasteiger partial charge in [-0.1, -0.05) is 6.07 Å². The Labute approximate surface area is 153 Å². The van der Waals surface area contributed by atoms with Crippen LogP contribution < -0.4 is 0 Å². The molecule has 5 aromatic rings. The van der Waals surface area contributed by atoms with Crippen molar-refractivity contribution in [2.24, 2.45) is 7.05 Å². The maximum absolute atomic E-state index is 5.75. The highest BCUT2D eigenvalue weighted by atomic mass is 16.4. The number of pyridine rings is 1. The Balaban J connectivity index is 1.61. The molecule has 5 heterocycles. The van der Waals surface area contributed by atoms with Crippen molar-refractivity contribution in [1.29, 1.82) is 0 Å². The molecule has 0 saturated heterocycles. The Morgan fingerprint density at radius 3 is 2.56 bits per heavy atom. The van der Waals surface area contributed by atoms with Gasteiger partial charge in [-0.25, -0.2) is 9.50 Å². The molecule has 5 rings (SSSR count). The van der Waals surface area contributed by atoms with Gasteiger partial charge in [0, 0.05) is 36.8 Å². The first-order chi connectivity index (χ1) is 13.2. The predicted molar refractivity (Wildman–Crippen MR) is 96.4 cm³/mol. The van der Waals surface area contributed by atoms with Crippen molar-refractivity contribution in [3.05, 3.63) is 54.6 Å². The second kappa shape index (κ2) is 5.84. The van der Waals surface area contributed by atoms with Crippen LogP contribution in [0.2, 0.25) is 0 Å². The van der Waals surface area contributed by atoms with Gasteiger partial charge in [-0.2, -0.15) is 10.2 Å². The Morgan fingerprint density at radius 1 is 0.963 bits per heavy atom. The molecule has 0 aliphatic rings. The Morgan fingerprint density at radius 2 is 1.81 bits per heavy atom. The summed E-state index contributed by atoms with van der Waals surface area (Å²) in [5.74, 6) is 0.661. The van der Waals surface area contributed by atoms with Crippen molar-refractivity contribution in [3.63, 3.8) is 0 Å². The highest BCUT2D eigenvalue weighted by Crippen LogP contribution is 2.26. The SMILES string of the molecule is Cc1c(-c2ccnc3cc(-c4nnc(-c5ccccn5)o4)nn23)cnn1C. The Hall–Kier alpha value is -3.88. The molecular weight excluding hydrogens is 344 g/mol. The van der Waals surface area contributed by atoms with Crippen LogP contribution in [0.4, 0.5) is 0 Å². The number of fused-ring (bicyclic) bond motifs is 1. The van der Waals surface area contributed by atoms with Crippen molar-refractivity contribution in [2.45, 2.75) is 6.92 Å². The fourth-order valence-electron chi connectivity index (χ4n) is 2.87. The molecule has 5 aromatic heterocycles. The fraction of sp³-hybridized carbons (Fsp3) is 0.111. The number of aryl methyl sites for hydroxylation is 1. The maximum Gasteiger partial charge on any atom is 0.268 e. The third-order valence-corrected chi connectivity index (χ3v) is 4.40. The molecule has 0 aliphatic carbocycles. The van der Waals surface area contributed by atoms with E-state index in [9.17, 15) is 0 Å². The summed E-state index contributed by atoms with van der Waals surface area (Å²) in [5, 5.41) is 17.1. The van der Waals surface area contributed by atoms with E-state index in [1.54, 1.807) is 16.9 Å². The van der Waals surface area contributed by atoms with Gasteiger partial charge < -0.3 is 4.42 Å². The first kappa shape index (κ1) is 15.4. The van der Waals surface area contributed by atoms with E-state index in [0.29, 0.717) is 28.8 Å². The topological polar surface area (TPSA) is 99.8 Å². The zero-order chi connectivity index (χ0) is 18.4.